The molecule has 0 spiro atoms. The molecule has 1 unspecified atom stereocenters. The van der Waals surface area contributed by atoms with Gasteiger partial charge in [0.15, 0.2) is 0 Å². The molecule has 2 heteroatoms. The maximum atomic E-state index is 3.67. The molecule has 1 N–H and O–H groups in total. The average molecular weight is 229 g/mol. The Balaban J connectivity index is 2.34. The Hall–Kier alpha value is 0.310. The first-order chi connectivity index (χ1) is 7.31. The summed E-state index contributed by atoms with van der Waals surface area (Å²) >= 11 is 1.99. The largest absolute Gasteiger partial charge is 0.313 e. The van der Waals surface area contributed by atoms with Crippen LogP contribution in [0.25, 0.3) is 0 Å². The molecule has 0 heterocycles. The van der Waals surface area contributed by atoms with Crippen molar-refractivity contribution in [3.63, 3.8) is 0 Å². The fourth-order valence-electron chi connectivity index (χ4n) is 2.80. The van der Waals surface area contributed by atoms with Crippen molar-refractivity contribution >= 4 is 11.8 Å². The molecule has 1 atom stereocenters. The second kappa shape index (κ2) is 7.56. The number of hydrogen-bond donors (Lipinski definition) is 1. The van der Waals surface area contributed by atoms with Crippen LogP contribution in [0.1, 0.15) is 46.0 Å². The first-order valence-corrected chi connectivity index (χ1v) is 7.93. The van der Waals surface area contributed by atoms with E-state index in [4.69, 9.17) is 0 Å². The molecule has 1 rings (SSSR count). The standard InChI is InChI=1S/C13H27NS/c1-4-11-6-8-12(9-7-11)13(10-15-3)14-5-2/h11-14H,4-10H2,1-3H3. The zero-order valence-electron chi connectivity index (χ0n) is 10.6. The molecule has 0 amide bonds. The second-order valence-electron chi connectivity index (χ2n) is 4.81. The van der Waals surface area contributed by atoms with Gasteiger partial charge in [-0.2, -0.15) is 11.8 Å². The molecule has 0 aromatic heterocycles. The highest BCUT2D eigenvalue weighted by Crippen LogP contribution is 2.33. The Morgan fingerprint density at radius 1 is 1.20 bits per heavy atom. The minimum Gasteiger partial charge on any atom is -0.313 e. The van der Waals surface area contributed by atoms with E-state index in [2.05, 4.69) is 25.4 Å². The smallest absolute Gasteiger partial charge is 0.0186 e. The summed E-state index contributed by atoms with van der Waals surface area (Å²) in [5, 5.41) is 3.67. The Morgan fingerprint density at radius 3 is 2.33 bits per heavy atom. The van der Waals surface area contributed by atoms with Gasteiger partial charge in [0.1, 0.15) is 0 Å². The number of hydrogen-bond acceptors (Lipinski definition) is 2. The van der Waals surface area contributed by atoms with E-state index < -0.39 is 0 Å². The molecule has 0 saturated heterocycles. The summed E-state index contributed by atoms with van der Waals surface area (Å²) in [6, 6.07) is 0.766. The highest BCUT2D eigenvalue weighted by molar-refractivity contribution is 7.98. The van der Waals surface area contributed by atoms with E-state index in [1.807, 2.05) is 11.8 Å². The fourth-order valence-corrected chi connectivity index (χ4v) is 3.55. The Morgan fingerprint density at radius 2 is 1.87 bits per heavy atom. The molecule has 1 aliphatic rings. The quantitative estimate of drug-likeness (QED) is 0.747. The van der Waals surface area contributed by atoms with Crippen molar-refractivity contribution in [2.24, 2.45) is 11.8 Å². The molecule has 15 heavy (non-hydrogen) atoms. The van der Waals surface area contributed by atoms with Crippen LogP contribution in [0.3, 0.4) is 0 Å². The van der Waals surface area contributed by atoms with Gasteiger partial charge in [-0.1, -0.05) is 33.1 Å². The van der Waals surface area contributed by atoms with Crippen molar-refractivity contribution in [2.45, 2.75) is 52.0 Å². The predicted octanol–water partition coefficient (Wildman–Crippen LogP) is 3.54. The van der Waals surface area contributed by atoms with E-state index in [1.165, 1.54) is 37.9 Å². The minimum absolute atomic E-state index is 0.766. The van der Waals surface area contributed by atoms with Gasteiger partial charge in [0, 0.05) is 11.8 Å². The highest BCUT2D eigenvalue weighted by atomic mass is 32.2. The van der Waals surface area contributed by atoms with Gasteiger partial charge >= 0.3 is 0 Å². The molecule has 0 radical (unpaired) electrons. The summed E-state index contributed by atoms with van der Waals surface area (Å²) in [6.07, 6.45) is 9.46. The van der Waals surface area contributed by atoms with E-state index in [-0.39, 0.29) is 0 Å². The van der Waals surface area contributed by atoms with Gasteiger partial charge in [-0.25, -0.2) is 0 Å². The zero-order valence-corrected chi connectivity index (χ0v) is 11.4. The summed E-state index contributed by atoms with van der Waals surface area (Å²) in [7, 11) is 0. The van der Waals surface area contributed by atoms with Gasteiger partial charge in [0.05, 0.1) is 0 Å². The molecule has 0 aromatic carbocycles. The van der Waals surface area contributed by atoms with Crippen LogP contribution in [-0.4, -0.2) is 24.6 Å². The monoisotopic (exact) mass is 229 g/mol. The number of thioether (sulfide) groups is 1. The van der Waals surface area contributed by atoms with Crippen LogP contribution in [0.4, 0.5) is 0 Å². The molecular formula is C13H27NS. The third-order valence-corrected chi connectivity index (χ3v) is 4.54. The number of nitrogens with one attached hydrogen (secondary N) is 1. The lowest BCUT2D eigenvalue weighted by molar-refractivity contribution is 0.229. The lowest BCUT2D eigenvalue weighted by atomic mass is 9.78. The molecule has 1 aliphatic carbocycles. The molecule has 90 valence electrons. The molecule has 0 bridgehead atoms. The summed E-state index contributed by atoms with van der Waals surface area (Å²) in [5.74, 6) is 3.26. The Kier molecular flexibility index (Phi) is 6.74. The van der Waals surface area contributed by atoms with Crippen LogP contribution in [-0.2, 0) is 0 Å². The van der Waals surface area contributed by atoms with E-state index in [1.54, 1.807) is 0 Å². The van der Waals surface area contributed by atoms with Gasteiger partial charge in [-0.15, -0.1) is 0 Å². The predicted molar refractivity (Wildman–Crippen MR) is 71.6 cm³/mol. The van der Waals surface area contributed by atoms with Gasteiger partial charge in [-0.05, 0) is 37.5 Å². The van der Waals surface area contributed by atoms with Crippen LogP contribution >= 0.6 is 11.8 Å². The molecular weight excluding hydrogens is 202 g/mol. The van der Waals surface area contributed by atoms with Crippen LogP contribution in [0.15, 0.2) is 0 Å². The fraction of sp³-hybridized carbons (Fsp3) is 1.00. The lowest BCUT2D eigenvalue weighted by Gasteiger charge is -2.33. The molecule has 0 aliphatic heterocycles. The van der Waals surface area contributed by atoms with Crippen LogP contribution < -0.4 is 5.32 Å². The minimum atomic E-state index is 0.766. The maximum Gasteiger partial charge on any atom is 0.0186 e. The SMILES string of the molecule is CCNC(CSC)C1CCC(CC)CC1. The topological polar surface area (TPSA) is 12.0 Å². The maximum absolute atomic E-state index is 3.67. The highest BCUT2D eigenvalue weighted by Gasteiger charge is 2.25. The molecule has 1 nitrogen and oxygen atoms in total. The average Bonchev–Trinajstić information content (AvgIpc) is 2.29. The van der Waals surface area contributed by atoms with Gasteiger partial charge < -0.3 is 5.32 Å². The van der Waals surface area contributed by atoms with Crippen LogP contribution in [0.2, 0.25) is 0 Å². The summed E-state index contributed by atoms with van der Waals surface area (Å²) in [6.45, 7) is 5.69. The van der Waals surface area contributed by atoms with Crippen LogP contribution in [0.5, 0.6) is 0 Å². The molecule has 1 fully saturated rings. The van der Waals surface area contributed by atoms with Crippen LogP contribution in [0, 0.1) is 11.8 Å². The van der Waals surface area contributed by atoms with E-state index >= 15 is 0 Å². The first kappa shape index (κ1) is 13.4. The lowest BCUT2D eigenvalue weighted by Crippen LogP contribution is -2.39. The van der Waals surface area contributed by atoms with Gasteiger partial charge in [-0.3, -0.25) is 0 Å². The Bertz CT molecular complexity index is 147. The molecule has 0 aromatic rings. The van der Waals surface area contributed by atoms with Gasteiger partial charge in [0.2, 0.25) is 0 Å². The third-order valence-electron chi connectivity index (χ3n) is 3.85. The van der Waals surface area contributed by atoms with E-state index in [0.717, 1.165) is 24.4 Å². The third kappa shape index (κ3) is 4.36. The van der Waals surface area contributed by atoms with Crippen molar-refractivity contribution < 1.29 is 0 Å². The van der Waals surface area contributed by atoms with Crippen molar-refractivity contribution in [2.75, 3.05) is 18.6 Å². The second-order valence-corrected chi connectivity index (χ2v) is 5.72. The molecule has 1 saturated carbocycles. The number of rotatable bonds is 6. The van der Waals surface area contributed by atoms with Crippen molar-refractivity contribution in [1.82, 2.24) is 5.32 Å². The normalized spacial score (nSPS) is 29.0. The van der Waals surface area contributed by atoms with E-state index in [9.17, 15) is 0 Å². The van der Waals surface area contributed by atoms with Crippen molar-refractivity contribution in [1.29, 1.82) is 0 Å². The van der Waals surface area contributed by atoms with Gasteiger partial charge in [0.25, 0.3) is 0 Å². The van der Waals surface area contributed by atoms with Crippen molar-refractivity contribution in [3.8, 4) is 0 Å². The van der Waals surface area contributed by atoms with Crippen molar-refractivity contribution in [3.05, 3.63) is 0 Å². The zero-order chi connectivity index (χ0) is 11.1. The summed E-state index contributed by atoms with van der Waals surface area (Å²) in [4.78, 5) is 0. The first-order valence-electron chi connectivity index (χ1n) is 6.54. The summed E-state index contributed by atoms with van der Waals surface area (Å²) in [5.41, 5.74) is 0. The Labute approximate surface area is 99.8 Å². The summed E-state index contributed by atoms with van der Waals surface area (Å²) < 4.78 is 0. The van der Waals surface area contributed by atoms with E-state index in [0.29, 0.717) is 0 Å².